The van der Waals surface area contributed by atoms with Crippen LogP contribution in [0.5, 0.6) is 5.75 Å². The average molecular weight is 360 g/mol. The van der Waals surface area contributed by atoms with Crippen molar-refractivity contribution in [1.82, 2.24) is 15.1 Å². The number of piperidine rings is 1. The molecule has 144 valence electrons. The Hall–Kier alpha value is -1.59. The van der Waals surface area contributed by atoms with Crippen LogP contribution in [-0.2, 0) is 11.3 Å². The van der Waals surface area contributed by atoms with Crippen LogP contribution in [0, 0.1) is 5.92 Å². The Balaban J connectivity index is 1.39. The molecule has 0 spiro atoms. The molecule has 26 heavy (non-hydrogen) atoms. The molecule has 0 radical (unpaired) electrons. The molecule has 1 aromatic carbocycles. The second-order valence-corrected chi connectivity index (χ2v) is 7.69. The SMILES string of the molecule is CC1CCN(CCNCc2ccccc2OCC(=O)N2CCCC2)CC1. The zero-order chi connectivity index (χ0) is 18.2. The molecule has 0 saturated carbocycles. The summed E-state index contributed by atoms with van der Waals surface area (Å²) < 4.78 is 5.83. The van der Waals surface area contributed by atoms with E-state index in [4.69, 9.17) is 4.74 Å². The lowest BCUT2D eigenvalue weighted by molar-refractivity contribution is -0.132. The Morgan fingerprint density at radius 2 is 1.88 bits per heavy atom. The predicted molar refractivity (Wildman–Crippen MR) is 104 cm³/mol. The fraction of sp³-hybridized carbons (Fsp3) is 0.667. The number of para-hydroxylation sites is 1. The minimum absolute atomic E-state index is 0.101. The van der Waals surface area contributed by atoms with E-state index in [1.54, 1.807) is 0 Å². The maximum atomic E-state index is 12.2. The lowest BCUT2D eigenvalue weighted by Gasteiger charge is -2.30. The van der Waals surface area contributed by atoms with Gasteiger partial charge in [0, 0.05) is 38.3 Å². The third-order valence-electron chi connectivity index (χ3n) is 5.58. The van der Waals surface area contributed by atoms with Crippen molar-refractivity contribution in [2.75, 3.05) is 45.9 Å². The van der Waals surface area contributed by atoms with Crippen LogP contribution >= 0.6 is 0 Å². The van der Waals surface area contributed by atoms with E-state index < -0.39 is 0 Å². The third-order valence-corrected chi connectivity index (χ3v) is 5.58. The van der Waals surface area contributed by atoms with Crippen LogP contribution in [0.1, 0.15) is 38.2 Å². The molecule has 3 rings (SSSR count). The van der Waals surface area contributed by atoms with Crippen LogP contribution in [-0.4, -0.2) is 61.6 Å². The second kappa shape index (κ2) is 9.93. The molecular formula is C21H33N3O2. The zero-order valence-electron chi connectivity index (χ0n) is 16.1. The molecule has 0 aliphatic carbocycles. The van der Waals surface area contributed by atoms with E-state index >= 15 is 0 Å². The molecule has 0 unspecified atom stereocenters. The fourth-order valence-corrected chi connectivity index (χ4v) is 3.73. The van der Waals surface area contributed by atoms with Crippen LogP contribution in [0.25, 0.3) is 0 Å². The molecule has 0 aromatic heterocycles. The summed E-state index contributed by atoms with van der Waals surface area (Å²) >= 11 is 0. The number of benzene rings is 1. The van der Waals surface area contributed by atoms with Crippen molar-refractivity contribution in [2.45, 2.75) is 39.2 Å². The molecule has 0 atom stereocenters. The van der Waals surface area contributed by atoms with Gasteiger partial charge in [-0.2, -0.15) is 0 Å². The van der Waals surface area contributed by atoms with E-state index in [0.717, 1.165) is 62.8 Å². The number of carbonyl (C=O) groups is 1. The number of ether oxygens (including phenoxy) is 1. The molecule has 1 amide bonds. The first-order valence-corrected chi connectivity index (χ1v) is 10.1. The van der Waals surface area contributed by atoms with Crippen LogP contribution in [0.2, 0.25) is 0 Å². The molecule has 2 heterocycles. The third kappa shape index (κ3) is 5.71. The monoisotopic (exact) mass is 359 g/mol. The number of rotatable bonds is 8. The maximum Gasteiger partial charge on any atom is 0.260 e. The summed E-state index contributed by atoms with van der Waals surface area (Å²) in [6, 6.07) is 8.03. The molecule has 1 aromatic rings. The summed E-state index contributed by atoms with van der Waals surface area (Å²) in [6.07, 6.45) is 4.87. The minimum Gasteiger partial charge on any atom is -0.483 e. The summed E-state index contributed by atoms with van der Waals surface area (Å²) in [5.41, 5.74) is 1.12. The molecule has 2 aliphatic heterocycles. The number of likely N-dealkylation sites (tertiary alicyclic amines) is 2. The predicted octanol–water partition coefficient (Wildman–Crippen LogP) is 2.51. The first kappa shape index (κ1) is 19.2. The Kier molecular flexibility index (Phi) is 7.32. The van der Waals surface area contributed by atoms with Crippen molar-refractivity contribution >= 4 is 5.91 Å². The van der Waals surface area contributed by atoms with E-state index in [2.05, 4.69) is 23.2 Å². The van der Waals surface area contributed by atoms with Crippen LogP contribution in [0.15, 0.2) is 24.3 Å². The number of amides is 1. The summed E-state index contributed by atoms with van der Waals surface area (Å²) in [5.74, 6) is 1.80. The molecular weight excluding hydrogens is 326 g/mol. The standard InChI is InChI=1S/C21H33N3O2/c1-18-8-13-23(14-9-18)15-10-22-16-19-6-2-3-7-20(19)26-17-21(25)24-11-4-5-12-24/h2-3,6-7,18,22H,4-5,8-17H2,1H3. The highest BCUT2D eigenvalue weighted by Crippen LogP contribution is 2.19. The van der Waals surface area contributed by atoms with Gasteiger partial charge in [0.1, 0.15) is 5.75 Å². The number of nitrogens with zero attached hydrogens (tertiary/aromatic N) is 2. The van der Waals surface area contributed by atoms with Gasteiger partial charge in [0.05, 0.1) is 0 Å². The minimum atomic E-state index is 0.101. The number of hydrogen-bond acceptors (Lipinski definition) is 4. The van der Waals surface area contributed by atoms with Crippen molar-refractivity contribution in [3.8, 4) is 5.75 Å². The van der Waals surface area contributed by atoms with Gasteiger partial charge in [0.2, 0.25) is 0 Å². The molecule has 1 N–H and O–H groups in total. The van der Waals surface area contributed by atoms with E-state index in [1.165, 1.54) is 25.9 Å². The van der Waals surface area contributed by atoms with Gasteiger partial charge in [-0.05, 0) is 50.8 Å². The maximum absolute atomic E-state index is 12.2. The van der Waals surface area contributed by atoms with Gasteiger partial charge in [0.25, 0.3) is 5.91 Å². The Bertz CT molecular complexity index is 564. The Labute approximate surface area is 157 Å². The van der Waals surface area contributed by atoms with Gasteiger partial charge in [-0.3, -0.25) is 4.79 Å². The lowest BCUT2D eigenvalue weighted by atomic mass is 9.99. The molecule has 2 fully saturated rings. The fourth-order valence-electron chi connectivity index (χ4n) is 3.73. The molecule has 2 saturated heterocycles. The van der Waals surface area contributed by atoms with Crippen LogP contribution in [0.4, 0.5) is 0 Å². The largest absolute Gasteiger partial charge is 0.483 e. The Morgan fingerprint density at radius 1 is 1.15 bits per heavy atom. The summed E-state index contributed by atoms with van der Waals surface area (Å²) in [6.45, 7) is 9.55. The van der Waals surface area contributed by atoms with Gasteiger partial charge in [-0.15, -0.1) is 0 Å². The molecule has 2 aliphatic rings. The first-order chi connectivity index (χ1) is 12.7. The van der Waals surface area contributed by atoms with E-state index in [9.17, 15) is 4.79 Å². The number of nitrogens with one attached hydrogen (secondary N) is 1. The second-order valence-electron chi connectivity index (χ2n) is 7.69. The average Bonchev–Trinajstić information content (AvgIpc) is 3.20. The van der Waals surface area contributed by atoms with Crippen LogP contribution in [0.3, 0.4) is 0 Å². The summed E-state index contributed by atoms with van der Waals surface area (Å²) in [7, 11) is 0. The van der Waals surface area contributed by atoms with Crippen LogP contribution < -0.4 is 10.1 Å². The van der Waals surface area contributed by atoms with Gasteiger partial charge >= 0.3 is 0 Å². The van der Waals surface area contributed by atoms with E-state index in [1.807, 2.05) is 23.1 Å². The van der Waals surface area contributed by atoms with Gasteiger partial charge in [-0.1, -0.05) is 25.1 Å². The van der Waals surface area contributed by atoms with Gasteiger partial charge < -0.3 is 19.9 Å². The van der Waals surface area contributed by atoms with E-state index in [0.29, 0.717) is 0 Å². The van der Waals surface area contributed by atoms with Crippen molar-refractivity contribution in [3.63, 3.8) is 0 Å². The lowest BCUT2D eigenvalue weighted by Crippen LogP contribution is -2.37. The van der Waals surface area contributed by atoms with Gasteiger partial charge in [-0.25, -0.2) is 0 Å². The first-order valence-electron chi connectivity index (χ1n) is 10.1. The number of carbonyl (C=O) groups excluding carboxylic acids is 1. The van der Waals surface area contributed by atoms with Crippen molar-refractivity contribution in [2.24, 2.45) is 5.92 Å². The quantitative estimate of drug-likeness (QED) is 0.725. The zero-order valence-corrected chi connectivity index (χ0v) is 16.1. The van der Waals surface area contributed by atoms with E-state index in [-0.39, 0.29) is 12.5 Å². The van der Waals surface area contributed by atoms with Gasteiger partial charge in [0.15, 0.2) is 6.61 Å². The topological polar surface area (TPSA) is 44.8 Å². The normalized spacial score (nSPS) is 19.0. The summed E-state index contributed by atoms with van der Waals surface area (Å²) in [5, 5.41) is 3.53. The molecule has 5 heteroatoms. The van der Waals surface area contributed by atoms with Crippen molar-refractivity contribution < 1.29 is 9.53 Å². The molecule has 5 nitrogen and oxygen atoms in total. The highest BCUT2D eigenvalue weighted by molar-refractivity contribution is 5.78. The van der Waals surface area contributed by atoms with Crippen molar-refractivity contribution in [3.05, 3.63) is 29.8 Å². The smallest absolute Gasteiger partial charge is 0.260 e. The Morgan fingerprint density at radius 3 is 2.65 bits per heavy atom. The number of hydrogen-bond donors (Lipinski definition) is 1. The highest BCUT2D eigenvalue weighted by Gasteiger charge is 2.18. The highest BCUT2D eigenvalue weighted by atomic mass is 16.5. The van der Waals surface area contributed by atoms with Crippen molar-refractivity contribution in [1.29, 1.82) is 0 Å². The summed E-state index contributed by atoms with van der Waals surface area (Å²) in [4.78, 5) is 16.6. The molecule has 0 bridgehead atoms.